The summed E-state index contributed by atoms with van der Waals surface area (Å²) in [5.74, 6) is 0.0734. The van der Waals surface area contributed by atoms with Gasteiger partial charge in [-0.1, -0.05) is 6.42 Å². The van der Waals surface area contributed by atoms with Crippen molar-refractivity contribution in [1.82, 2.24) is 5.32 Å². The molecule has 2 aliphatic rings. The Hall–Kier alpha value is -0.610. The SMILES string of the molecule is O=C(O)C1CCCC(NCCCOCC2CC2)C1. The Kier molecular flexibility index (Phi) is 5.45. The number of aliphatic carboxylic acids is 1. The number of hydrogen-bond acceptors (Lipinski definition) is 3. The highest BCUT2D eigenvalue weighted by Crippen LogP contribution is 2.28. The van der Waals surface area contributed by atoms with Crippen LogP contribution < -0.4 is 5.32 Å². The van der Waals surface area contributed by atoms with Crippen LogP contribution in [0.25, 0.3) is 0 Å². The molecule has 0 heterocycles. The van der Waals surface area contributed by atoms with Crippen molar-refractivity contribution in [2.45, 2.75) is 51.0 Å². The van der Waals surface area contributed by atoms with E-state index in [1.807, 2.05) is 0 Å². The number of carboxylic acid groups (broad SMARTS) is 1. The Morgan fingerprint density at radius 3 is 2.83 bits per heavy atom. The molecule has 2 aliphatic carbocycles. The predicted octanol–water partition coefficient (Wildman–Crippen LogP) is 2.04. The van der Waals surface area contributed by atoms with Gasteiger partial charge in [0, 0.05) is 19.3 Å². The Morgan fingerprint density at radius 1 is 1.28 bits per heavy atom. The molecule has 2 fully saturated rings. The van der Waals surface area contributed by atoms with Crippen molar-refractivity contribution in [2.24, 2.45) is 11.8 Å². The highest BCUT2D eigenvalue weighted by atomic mass is 16.5. The lowest BCUT2D eigenvalue weighted by atomic mass is 9.86. The minimum Gasteiger partial charge on any atom is -0.481 e. The Balaban J connectivity index is 1.48. The summed E-state index contributed by atoms with van der Waals surface area (Å²) in [4.78, 5) is 10.9. The smallest absolute Gasteiger partial charge is 0.306 e. The maximum Gasteiger partial charge on any atom is 0.306 e. The minimum absolute atomic E-state index is 0.137. The van der Waals surface area contributed by atoms with E-state index < -0.39 is 5.97 Å². The predicted molar refractivity (Wildman–Crippen MR) is 69.5 cm³/mol. The molecular weight excluding hydrogens is 230 g/mol. The summed E-state index contributed by atoms with van der Waals surface area (Å²) in [6.45, 7) is 2.71. The van der Waals surface area contributed by atoms with Gasteiger partial charge in [-0.25, -0.2) is 0 Å². The van der Waals surface area contributed by atoms with Crippen molar-refractivity contribution in [2.75, 3.05) is 19.8 Å². The van der Waals surface area contributed by atoms with Crippen LogP contribution in [-0.2, 0) is 9.53 Å². The number of nitrogens with one attached hydrogen (secondary N) is 1. The maximum absolute atomic E-state index is 10.9. The van der Waals surface area contributed by atoms with Gasteiger partial charge in [0.1, 0.15) is 0 Å². The first kappa shape index (κ1) is 13.8. The third-order valence-electron chi connectivity index (χ3n) is 3.97. The lowest BCUT2D eigenvalue weighted by molar-refractivity contribution is -0.143. The van der Waals surface area contributed by atoms with Gasteiger partial charge in [0.05, 0.1) is 5.92 Å². The summed E-state index contributed by atoms with van der Waals surface area (Å²) in [7, 11) is 0. The molecule has 4 heteroatoms. The highest BCUT2D eigenvalue weighted by molar-refractivity contribution is 5.70. The van der Waals surface area contributed by atoms with Gasteiger partial charge in [0.15, 0.2) is 0 Å². The van der Waals surface area contributed by atoms with E-state index in [4.69, 9.17) is 9.84 Å². The molecule has 0 aromatic rings. The van der Waals surface area contributed by atoms with Gasteiger partial charge in [-0.15, -0.1) is 0 Å². The molecule has 2 unspecified atom stereocenters. The van der Waals surface area contributed by atoms with Gasteiger partial charge >= 0.3 is 5.97 Å². The fourth-order valence-corrected chi connectivity index (χ4v) is 2.61. The Morgan fingerprint density at radius 2 is 2.11 bits per heavy atom. The zero-order chi connectivity index (χ0) is 12.8. The van der Waals surface area contributed by atoms with E-state index in [9.17, 15) is 4.79 Å². The van der Waals surface area contributed by atoms with E-state index in [0.717, 1.165) is 57.8 Å². The largest absolute Gasteiger partial charge is 0.481 e. The summed E-state index contributed by atoms with van der Waals surface area (Å²) in [6, 6.07) is 0.392. The van der Waals surface area contributed by atoms with Crippen LogP contribution in [-0.4, -0.2) is 36.9 Å². The molecule has 0 radical (unpaired) electrons. The van der Waals surface area contributed by atoms with E-state index in [0.29, 0.717) is 6.04 Å². The Labute approximate surface area is 109 Å². The van der Waals surface area contributed by atoms with Gasteiger partial charge in [0.25, 0.3) is 0 Å². The maximum atomic E-state index is 10.9. The fourth-order valence-electron chi connectivity index (χ4n) is 2.61. The standard InChI is InChI=1S/C14H25NO3/c16-14(17)12-3-1-4-13(9-12)15-7-2-8-18-10-11-5-6-11/h11-13,15H,1-10H2,(H,16,17). The lowest BCUT2D eigenvalue weighted by Gasteiger charge is -2.27. The molecule has 0 amide bonds. The molecule has 4 nitrogen and oxygen atoms in total. The molecule has 104 valence electrons. The number of ether oxygens (including phenoxy) is 1. The zero-order valence-corrected chi connectivity index (χ0v) is 11.1. The van der Waals surface area contributed by atoms with E-state index in [2.05, 4.69) is 5.32 Å². The van der Waals surface area contributed by atoms with Crippen LogP contribution >= 0.6 is 0 Å². The van der Waals surface area contributed by atoms with Crippen molar-refractivity contribution in [3.8, 4) is 0 Å². The number of rotatable bonds is 8. The molecule has 2 N–H and O–H groups in total. The molecular formula is C14H25NO3. The molecule has 2 saturated carbocycles. The van der Waals surface area contributed by atoms with Crippen molar-refractivity contribution < 1.29 is 14.6 Å². The molecule has 0 aromatic heterocycles. The van der Waals surface area contributed by atoms with Crippen molar-refractivity contribution >= 4 is 5.97 Å². The molecule has 0 spiro atoms. The van der Waals surface area contributed by atoms with Gasteiger partial charge in [-0.2, -0.15) is 0 Å². The van der Waals surface area contributed by atoms with E-state index in [1.54, 1.807) is 0 Å². The zero-order valence-electron chi connectivity index (χ0n) is 11.1. The normalized spacial score (nSPS) is 28.2. The van der Waals surface area contributed by atoms with E-state index in [-0.39, 0.29) is 5.92 Å². The van der Waals surface area contributed by atoms with E-state index >= 15 is 0 Å². The number of carboxylic acids is 1. The van der Waals surface area contributed by atoms with Crippen LogP contribution in [0.1, 0.15) is 44.9 Å². The van der Waals surface area contributed by atoms with Crippen LogP contribution in [0.3, 0.4) is 0 Å². The lowest BCUT2D eigenvalue weighted by Crippen LogP contribution is -2.37. The average Bonchev–Trinajstić information content (AvgIpc) is 3.18. The fraction of sp³-hybridized carbons (Fsp3) is 0.929. The van der Waals surface area contributed by atoms with E-state index in [1.165, 1.54) is 12.8 Å². The van der Waals surface area contributed by atoms with Crippen LogP contribution in [0.15, 0.2) is 0 Å². The first-order valence-corrected chi connectivity index (χ1v) is 7.29. The molecule has 0 aliphatic heterocycles. The van der Waals surface area contributed by atoms with Gasteiger partial charge in [-0.05, 0) is 51.0 Å². The second-order valence-electron chi connectivity index (χ2n) is 5.72. The molecule has 0 bridgehead atoms. The second-order valence-corrected chi connectivity index (χ2v) is 5.72. The molecule has 0 saturated heterocycles. The monoisotopic (exact) mass is 255 g/mol. The first-order valence-electron chi connectivity index (χ1n) is 7.29. The molecule has 18 heavy (non-hydrogen) atoms. The summed E-state index contributed by atoms with van der Waals surface area (Å²) in [5, 5.41) is 12.5. The summed E-state index contributed by atoms with van der Waals surface area (Å²) in [6.07, 6.45) is 7.50. The minimum atomic E-state index is -0.630. The first-order chi connectivity index (χ1) is 8.75. The third-order valence-corrected chi connectivity index (χ3v) is 3.97. The quantitative estimate of drug-likeness (QED) is 0.652. The number of hydrogen-bond donors (Lipinski definition) is 2. The second kappa shape index (κ2) is 7.10. The van der Waals surface area contributed by atoms with Crippen LogP contribution in [0.2, 0.25) is 0 Å². The average molecular weight is 255 g/mol. The van der Waals surface area contributed by atoms with Crippen molar-refractivity contribution in [1.29, 1.82) is 0 Å². The summed E-state index contributed by atoms with van der Waals surface area (Å²) < 4.78 is 5.57. The molecule has 0 aromatic carbocycles. The summed E-state index contributed by atoms with van der Waals surface area (Å²) >= 11 is 0. The van der Waals surface area contributed by atoms with Crippen molar-refractivity contribution in [3.63, 3.8) is 0 Å². The van der Waals surface area contributed by atoms with Crippen molar-refractivity contribution in [3.05, 3.63) is 0 Å². The van der Waals surface area contributed by atoms with Gasteiger partial charge < -0.3 is 15.2 Å². The summed E-state index contributed by atoms with van der Waals surface area (Å²) in [5.41, 5.74) is 0. The Bertz CT molecular complexity index is 266. The number of carbonyl (C=O) groups is 1. The van der Waals surface area contributed by atoms with Crippen LogP contribution in [0.4, 0.5) is 0 Å². The third kappa shape index (κ3) is 4.94. The molecule has 2 atom stereocenters. The van der Waals surface area contributed by atoms with Gasteiger partial charge in [-0.3, -0.25) is 4.79 Å². The highest BCUT2D eigenvalue weighted by Gasteiger charge is 2.26. The van der Waals surface area contributed by atoms with Crippen LogP contribution in [0, 0.1) is 11.8 Å². The topological polar surface area (TPSA) is 58.6 Å². The molecule has 2 rings (SSSR count). The van der Waals surface area contributed by atoms with Crippen LogP contribution in [0.5, 0.6) is 0 Å². The van der Waals surface area contributed by atoms with Gasteiger partial charge in [0.2, 0.25) is 0 Å².